The van der Waals surface area contributed by atoms with Crippen LogP contribution in [-0.2, 0) is 21.3 Å². The van der Waals surface area contributed by atoms with E-state index in [9.17, 15) is 13.4 Å². The van der Waals surface area contributed by atoms with Crippen LogP contribution >= 0.6 is 0 Å². The Balaban J connectivity index is 1.53. The Morgan fingerprint density at radius 1 is 1.11 bits per heavy atom. The topological polar surface area (TPSA) is 88.3 Å². The van der Waals surface area contributed by atoms with Crippen molar-refractivity contribution in [3.8, 4) is 22.4 Å². The Hall–Kier alpha value is -2.94. The van der Waals surface area contributed by atoms with E-state index in [2.05, 4.69) is 10.3 Å². The average molecular weight is 537 g/mol. The van der Waals surface area contributed by atoms with Crippen molar-refractivity contribution in [2.75, 3.05) is 18.6 Å². The number of halogens is 1. The summed E-state index contributed by atoms with van der Waals surface area (Å²) in [6.07, 6.45) is 7.45. The van der Waals surface area contributed by atoms with Gasteiger partial charge in [-0.05, 0) is 63.1 Å². The third-order valence-electron chi connectivity index (χ3n) is 7.45. The van der Waals surface area contributed by atoms with Crippen molar-refractivity contribution >= 4 is 22.6 Å². The van der Waals surface area contributed by atoms with Gasteiger partial charge in [0.15, 0.2) is 0 Å². The summed E-state index contributed by atoms with van der Waals surface area (Å²) in [5.41, 5.74) is 9.78. The van der Waals surface area contributed by atoms with E-state index in [1.807, 2.05) is 49.5 Å². The molecule has 1 heterocycles. The first-order valence-electron chi connectivity index (χ1n) is 13.0. The summed E-state index contributed by atoms with van der Waals surface area (Å²) in [5, 5.41) is 2.98. The number of pyridine rings is 1. The summed E-state index contributed by atoms with van der Waals surface area (Å²) < 4.78 is 28.6. The molecule has 1 fully saturated rings. The summed E-state index contributed by atoms with van der Waals surface area (Å²) in [4.78, 5) is 17.6. The van der Waals surface area contributed by atoms with Crippen LogP contribution in [0.25, 0.3) is 22.4 Å². The fourth-order valence-electron chi connectivity index (χ4n) is 5.10. The fourth-order valence-corrected chi connectivity index (χ4v) is 5.73. The minimum atomic E-state index is -0.983. The number of hydrogen-bond donors (Lipinski definition) is 2. The van der Waals surface area contributed by atoms with Gasteiger partial charge < -0.3 is 11.1 Å². The Morgan fingerprint density at radius 3 is 2.37 bits per heavy atom. The molecule has 1 aromatic heterocycles. The van der Waals surface area contributed by atoms with Gasteiger partial charge in [0.2, 0.25) is 5.91 Å². The van der Waals surface area contributed by atoms with Gasteiger partial charge in [-0.15, -0.1) is 0 Å². The van der Waals surface area contributed by atoms with Crippen LogP contribution in [0.15, 0.2) is 60.8 Å². The monoisotopic (exact) mass is 536 g/mol. The van der Waals surface area contributed by atoms with Crippen molar-refractivity contribution < 1.29 is 13.4 Å². The molecule has 8 heteroatoms. The van der Waals surface area contributed by atoms with Gasteiger partial charge in [0, 0.05) is 48.0 Å². The maximum Gasteiger partial charge on any atom is 0.224 e. The van der Waals surface area contributed by atoms with Gasteiger partial charge in [-0.2, -0.15) is 0 Å². The largest absolute Gasteiger partial charge is 0.325 e. The van der Waals surface area contributed by atoms with Crippen LogP contribution in [0, 0.1) is 11.7 Å². The molecule has 1 unspecified atom stereocenters. The second-order valence-corrected chi connectivity index (χ2v) is 12.2. The maximum atomic E-state index is 14.9. The summed E-state index contributed by atoms with van der Waals surface area (Å²) in [7, 11) is 0.911. The van der Waals surface area contributed by atoms with Gasteiger partial charge in [0.25, 0.3) is 0 Å². The van der Waals surface area contributed by atoms with Crippen molar-refractivity contribution in [1.82, 2.24) is 9.29 Å². The quantitative estimate of drug-likeness (QED) is 0.377. The molecule has 0 saturated heterocycles. The molecule has 3 aromatic rings. The summed E-state index contributed by atoms with van der Waals surface area (Å²) >= 11 is 0. The third kappa shape index (κ3) is 6.73. The zero-order valence-corrected chi connectivity index (χ0v) is 23.4. The first-order valence-corrected chi connectivity index (χ1v) is 14.6. The van der Waals surface area contributed by atoms with Crippen molar-refractivity contribution in [3.63, 3.8) is 0 Å². The Kier molecular flexibility index (Phi) is 8.75. The highest BCUT2D eigenvalue weighted by Crippen LogP contribution is 2.35. The number of carbonyl (C=O) groups excluding carboxylic acids is 1. The van der Waals surface area contributed by atoms with Crippen LogP contribution in [-0.4, -0.2) is 38.8 Å². The van der Waals surface area contributed by atoms with E-state index < -0.39 is 16.5 Å². The highest BCUT2D eigenvalue weighted by Gasteiger charge is 2.27. The highest BCUT2D eigenvalue weighted by molar-refractivity contribution is 7.81. The lowest BCUT2D eigenvalue weighted by molar-refractivity contribution is -0.117. The van der Waals surface area contributed by atoms with Gasteiger partial charge in [-0.3, -0.25) is 9.78 Å². The highest BCUT2D eigenvalue weighted by atomic mass is 32.2. The molecule has 0 radical (unpaired) electrons. The van der Waals surface area contributed by atoms with E-state index in [1.165, 1.54) is 6.07 Å². The van der Waals surface area contributed by atoms with Crippen molar-refractivity contribution in [2.24, 2.45) is 11.7 Å². The van der Waals surface area contributed by atoms with Gasteiger partial charge >= 0.3 is 0 Å². The van der Waals surface area contributed by atoms with Gasteiger partial charge in [-0.25, -0.2) is 12.9 Å². The third-order valence-corrected chi connectivity index (χ3v) is 8.56. The first-order chi connectivity index (χ1) is 18.0. The standard InChI is InChI=1S/C30H37FN4O2S/c1-30(2,32)22-13-11-21(12-14-22)29-26(25-7-5-6-8-27(25)31)18-23(19-33-29)34-28(36)17-20-9-15-24(16-10-20)35(3)38(4)37/h5-8,11-14,18-20,24H,9-10,15-17,32H2,1-4H3,(H,34,36). The van der Waals surface area contributed by atoms with E-state index in [1.54, 1.807) is 36.7 Å². The first kappa shape index (κ1) is 28.1. The summed E-state index contributed by atoms with van der Waals surface area (Å²) in [5.74, 6) is -0.147. The lowest BCUT2D eigenvalue weighted by Crippen LogP contribution is -2.36. The van der Waals surface area contributed by atoms with Gasteiger partial charge in [-0.1, -0.05) is 42.5 Å². The molecule has 1 amide bonds. The summed E-state index contributed by atoms with van der Waals surface area (Å²) in [6, 6.07) is 16.5. The van der Waals surface area contributed by atoms with Gasteiger partial charge in [0.05, 0.1) is 28.6 Å². The molecule has 202 valence electrons. The maximum absolute atomic E-state index is 14.9. The lowest BCUT2D eigenvalue weighted by atomic mass is 9.84. The second kappa shape index (κ2) is 11.8. The van der Waals surface area contributed by atoms with Crippen LogP contribution in [0.3, 0.4) is 0 Å². The molecule has 2 aromatic carbocycles. The molecular formula is C30H37FN4O2S. The molecule has 3 N–H and O–H groups in total. The van der Waals surface area contributed by atoms with E-state index in [-0.39, 0.29) is 17.6 Å². The number of rotatable bonds is 8. The molecule has 38 heavy (non-hydrogen) atoms. The van der Waals surface area contributed by atoms with E-state index in [0.717, 1.165) is 36.8 Å². The van der Waals surface area contributed by atoms with Gasteiger partial charge in [0.1, 0.15) is 5.82 Å². The van der Waals surface area contributed by atoms with Crippen LogP contribution < -0.4 is 11.1 Å². The number of nitrogens with one attached hydrogen (secondary N) is 1. The van der Waals surface area contributed by atoms with Crippen LogP contribution in [0.2, 0.25) is 0 Å². The number of anilines is 1. The van der Waals surface area contributed by atoms with Crippen LogP contribution in [0.4, 0.5) is 10.1 Å². The minimum Gasteiger partial charge on any atom is -0.325 e. The smallest absolute Gasteiger partial charge is 0.224 e. The van der Waals surface area contributed by atoms with Crippen molar-refractivity contribution in [3.05, 3.63) is 72.2 Å². The zero-order chi connectivity index (χ0) is 27.4. The lowest BCUT2D eigenvalue weighted by Gasteiger charge is -2.32. The Labute approximate surface area is 227 Å². The molecule has 0 aliphatic heterocycles. The fraction of sp³-hybridized carbons (Fsp3) is 0.400. The Morgan fingerprint density at radius 2 is 1.76 bits per heavy atom. The van der Waals surface area contributed by atoms with Crippen molar-refractivity contribution in [2.45, 2.75) is 57.5 Å². The van der Waals surface area contributed by atoms with Crippen LogP contribution in [0.1, 0.15) is 51.5 Å². The SMILES string of the molecule is CN(C1CCC(CC(=O)Nc2cnc(-c3ccc(C(C)(C)N)cc3)c(-c3ccccc3F)c2)CC1)S(C)=O. The predicted molar refractivity (Wildman–Crippen MR) is 153 cm³/mol. The summed E-state index contributed by atoms with van der Waals surface area (Å²) in [6.45, 7) is 3.89. The molecule has 1 aliphatic carbocycles. The molecule has 1 saturated carbocycles. The van der Waals surface area contributed by atoms with E-state index in [4.69, 9.17) is 5.73 Å². The number of amides is 1. The second-order valence-electron chi connectivity index (χ2n) is 10.8. The molecule has 0 bridgehead atoms. The number of nitrogens with two attached hydrogens (primary N) is 1. The zero-order valence-electron chi connectivity index (χ0n) is 22.5. The number of aromatic nitrogens is 1. The van der Waals surface area contributed by atoms with E-state index in [0.29, 0.717) is 35.0 Å². The molecule has 6 nitrogen and oxygen atoms in total. The molecule has 1 aliphatic rings. The molecular weight excluding hydrogens is 499 g/mol. The molecule has 0 spiro atoms. The predicted octanol–water partition coefficient (Wildman–Crippen LogP) is 5.86. The van der Waals surface area contributed by atoms with Crippen LogP contribution in [0.5, 0.6) is 0 Å². The number of carbonyl (C=O) groups is 1. The number of nitrogens with zero attached hydrogens (tertiary/aromatic N) is 2. The van der Waals surface area contributed by atoms with E-state index >= 15 is 0 Å². The number of benzene rings is 2. The average Bonchev–Trinajstić information content (AvgIpc) is 2.88. The molecule has 4 rings (SSSR count). The molecule has 1 atom stereocenters. The Bertz CT molecular complexity index is 1300. The minimum absolute atomic E-state index is 0.0792. The van der Waals surface area contributed by atoms with Crippen molar-refractivity contribution in [1.29, 1.82) is 0 Å². The normalized spacial score (nSPS) is 18.8. The number of hydrogen-bond acceptors (Lipinski definition) is 4.